The quantitative estimate of drug-likeness (QED) is 0.667. The van der Waals surface area contributed by atoms with Gasteiger partial charge in [-0.05, 0) is 19.4 Å². The molecule has 14 heavy (non-hydrogen) atoms. The number of hydrogen-bond donors (Lipinski definition) is 2. The fourth-order valence-corrected chi connectivity index (χ4v) is 1.28. The number of aromatic amines is 1. The Morgan fingerprint density at radius 3 is 3.14 bits per heavy atom. The maximum absolute atomic E-state index is 5.24. The lowest BCUT2D eigenvalue weighted by atomic mass is 10.1. The number of nitrogens with one attached hydrogen (secondary N) is 2. The summed E-state index contributed by atoms with van der Waals surface area (Å²) in [6.07, 6.45) is 9.74. The van der Waals surface area contributed by atoms with E-state index < -0.39 is 0 Å². The third kappa shape index (κ3) is 3.19. The van der Waals surface area contributed by atoms with Crippen molar-refractivity contribution >= 4 is 0 Å². The minimum atomic E-state index is 0.227. The van der Waals surface area contributed by atoms with Crippen molar-refractivity contribution in [2.24, 2.45) is 0 Å². The Hall–Kier alpha value is -1.34. The van der Waals surface area contributed by atoms with Crippen molar-refractivity contribution in [2.75, 3.05) is 6.54 Å². The fraction of sp³-hybridized carbons (Fsp3) is 0.600. The Morgan fingerprint density at radius 2 is 2.57 bits per heavy atom. The molecule has 2 N–H and O–H groups in total. The molecule has 0 amide bonds. The smallest absolute Gasteiger partial charge is 0.0994 e. The van der Waals surface area contributed by atoms with E-state index in [4.69, 9.17) is 6.42 Å². The SMILES string of the molecule is C#CCCC(NCCC)c1cn[nH]n1. The second-order valence-corrected chi connectivity index (χ2v) is 3.14. The summed E-state index contributed by atoms with van der Waals surface area (Å²) in [6.45, 7) is 3.11. The van der Waals surface area contributed by atoms with Crippen LogP contribution in [0.5, 0.6) is 0 Å². The molecule has 0 bridgehead atoms. The highest BCUT2D eigenvalue weighted by Crippen LogP contribution is 2.14. The van der Waals surface area contributed by atoms with Gasteiger partial charge in [-0.1, -0.05) is 6.92 Å². The Bertz CT molecular complexity index is 273. The van der Waals surface area contributed by atoms with Gasteiger partial charge in [0.25, 0.3) is 0 Å². The summed E-state index contributed by atoms with van der Waals surface area (Å²) in [6, 6.07) is 0.227. The van der Waals surface area contributed by atoms with Gasteiger partial charge in [0, 0.05) is 6.42 Å². The molecule has 0 radical (unpaired) electrons. The van der Waals surface area contributed by atoms with Crippen LogP contribution < -0.4 is 5.32 Å². The van der Waals surface area contributed by atoms with Gasteiger partial charge in [0.05, 0.1) is 17.9 Å². The van der Waals surface area contributed by atoms with E-state index in [-0.39, 0.29) is 6.04 Å². The van der Waals surface area contributed by atoms with Gasteiger partial charge >= 0.3 is 0 Å². The van der Waals surface area contributed by atoms with Gasteiger partial charge in [0.1, 0.15) is 0 Å². The van der Waals surface area contributed by atoms with Crippen LogP contribution in [0.3, 0.4) is 0 Å². The van der Waals surface area contributed by atoms with Crippen LogP contribution in [0, 0.1) is 12.3 Å². The second-order valence-electron chi connectivity index (χ2n) is 3.14. The number of nitrogens with zero attached hydrogens (tertiary/aromatic N) is 2. The number of H-pyrrole nitrogens is 1. The maximum atomic E-state index is 5.24. The minimum absolute atomic E-state index is 0.227. The molecule has 1 aromatic heterocycles. The van der Waals surface area contributed by atoms with Crippen molar-refractivity contribution in [3.8, 4) is 12.3 Å². The van der Waals surface area contributed by atoms with Gasteiger partial charge in [0.2, 0.25) is 0 Å². The highest BCUT2D eigenvalue weighted by molar-refractivity contribution is 5.01. The number of rotatable bonds is 6. The van der Waals surface area contributed by atoms with Gasteiger partial charge < -0.3 is 5.32 Å². The van der Waals surface area contributed by atoms with E-state index in [1.165, 1.54) is 0 Å². The molecule has 1 aromatic rings. The summed E-state index contributed by atoms with van der Waals surface area (Å²) in [7, 11) is 0. The minimum Gasteiger partial charge on any atom is -0.309 e. The summed E-state index contributed by atoms with van der Waals surface area (Å²) in [4.78, 5) is 0. The normalized spacial score (nSPS) is 12.3. The highest BCUT2D eigenvalue weighted by atomic mass is 15.3. The Kier molecular flexibility index (Phi) is 4.73. The molecule has 0 aliphatic rings. The van der Waals surface area contributed by atoms with Crippen LogP contribution in [0.1, 0.15) is 37.9 Å². The molecule has 1 unspecified atom stereocenters. The molecule has 1 heterocycles. The summed E-state index contributed by atoms with van der Waals surface area (Å²) >= 11 is 0. The molecular formula is C10H16N4. The monoisotopic (exact) mass is 192 g/mol. The van der Waals surface area contributed by atoms with E-state index >= 15 is 0 Å². The zero-order valence-corrected chi connectivity index (χ0v) is 8.45. The van der Waals surface area contributed by atoms with E-state index in [9.17, 15) is 0 Å². The Balaban J connectivity index is 2.49. The molecule has 4 nitrogen and oxygen atoms in total. The molecule has 76 valence electrons. The van der Waals surface area contributed by atoms with Crippen LogP contribution in [0.25, 0.3) is 0 Å². The predicted octanol–water partition coefficient (Wildman–Crippen LogP) is 1.26. The molecule has 0 aliphatic heterocycles. The van der Waals surface area contributed by atoms with Crippen LogP contribution in [0.4, 0.5) is 0 Å². The number of hydrogen-bond acceptors (Lipinski definition) is 3. The van der Waals surface area contributed by atoms with Crippen molar-refractivity contribution in [3.63, 3.8) is 0 Å². The average Bonchev–Trinajstić information content (AvgIpc) is 2.71. The molecule has 0 saturated heterocycles. The molecule has 0 saturated carbocycles. The topological polar surface area (TPSA) is 53.6 Å². The molecule has 0 aliphatic carbocycles. The van der Waals surface area contributed by atoms with E-state index in [1.807, 2.05) is 0 Å². The second kappa shape index (κ2) is 6.17. The lowest BCUT2D eigenvalue weighted by Gasteiger charge is -2.13. The van der Waals surface area contributed by atoms with Crippen LogP contribution >= 0.6 is 0 Å². The van der Waals surface area contributed by atoms with Crippen molar-refractivity contribution in [1.82, 2.24) is 20.7 Å². The van der Waals surface area contributed by atoms with Gasteiger partial charge in [-0.3, -0.25) is 0 Å². The summed E-state index contributed by atoms with van der Waals surface area (Å²) in [5.41, 5.74) is 0.939. The highest BCUT2D eigenvalue weighted by Gasteiger charge is 2.11. The Labute approximate surface area is 84.5 Å². The van der Waals surface area contributed by atoms with Crippen LogP contribution in [-0.4, -0.2) is 22.0 Å². The third-order valence-corrected chi connectivity index (χ3v) is 2.01. The molecule has 1 atom stereocenters. The lowest BCUT2D eigenvalue weighted by molar-refractivity contribution is 0.494. The van der Waals surface area contributed by atoms with Crippen molar-refractivity contribution in [3.05, 3.63) is 11.9 Å². The van der Waals surface area contributed by atoms with Crippen LogP contribution in [-0.2, 0) is 0 Å². The lowest BCUT2D eigenvalue weighted by Crippen LogP contribution is -2.22. The maximum Gasteiger partial charge on any atom is 0.0994 e. The summed E-state index contributed by atoms with van der Waals surface area (Å²) in [5.74, 6) is 2.64. The first-order valence-electron chi connectivity index (χ1n) is 4.91. The average molecular weight is 192 g/mol. The fourth-order valence-electron chi connectivity index (χ4n) is 1.28. The summed E-state index contributed by atoms with van der Waals surface area (Å²) in [5, 5.41) is 13.8. The molecule has 0 fully saturated rings. The van der Waals surface area contributed by atoms with Crippen molar-refractivity contribution < 1.29 is 0 Å². The predicted molar refractivity (Wildman–Crippen MR) is 55.5 cm³/mol. The number of aromatic nitrogens is 3. The molecule has 0 spiro atoms. The third-order valence-electron chi connectivity index (χ3n) is 2.01. The van der Waals surface area contributed by atoms with E-state index in [0.717, 1.165) is 31.5 Å². The zero-order chi connectivity index (χ0) is 10.2. The molecule has 0 aromatic carbocycles. The summed E-state index contributed by atoms with van der Waals surface area (Å²) < 4.78 is 0. The van der Waals surface area contributed by atoms with Gasteiger partial charge in [-0.15, -0.1) is 12.3 Å². The molecule has 1 rings (SSSR count). The van der Waals surface area contributed by atoms with E-state index in [2.05, 4.69) is 33.6 Å². The molecule has 4 heteroatoms. The van der Waals surface area contributed by atoms with Crippen molar-refractivity contribution in [1.29, 1.82) is 0 Å². The van der Waals surface area contributed by atoms with E-state index in [0.29, 0.717) is 0 Å². The zero-order valence-electron chi connectivity index (χ0n) is 8.45. The standard InChI is InChI=1S/C10H16N4/c1-3-5-6-9(11-7-4-2)10-8-12-14-13-10/h1,8-9,11H,4-7H2,2H3,(H,12,13,14). The van der Waals surface area contributed by atoms with Gasteiger partial charge in [-0.25, -0.2) is 0 Å². The number of terminal acetylenes is 1. The first kappa shape index (κ1) is 10.7. The Morgan fingerprint density at radius 1 is 1.71 bits per heavy atom. The van der Waals surface area contributed by atoms with Gasteiger partial charge in [-0.2, -0.15) is 15.4 Å². The van der Waals surface area contributed by atoms with Crippen molar-refractivity contribution in [2.45, 2.75) is 32.2 Å². The van der Waals surface area contributed by atoms with Crippen LogP contribution in [0.15, 0.2) is 6.20 Å². The first-order chi connectivity index (χ1) is 6.88. The van der Waals surface area contributed by atoms with E-state index in [1.54, 1.807) is 6.20 Å². The molecular weight excluding hydrogens is 176 g/mol. The first-order valence-corrected chi connectivity index (χ1v) is 4.91. The van der Waals surface area contributed by atoms with Crippen LogP contribution in [0.2, 0.25) is 0 Å². The van der Waals surface area contributed by atoms with Gasteiger partial charge in [0.15, 0.2) is 0 Å². The largest absolute Gasteiger partial charge is 0.309 e.